The summed E-state index contributed by atoms with van der Waals surface area (Å²) < 4.78 is 2.31. The minimum absolute atomic E-state index is 0.0955. The molecule has 2 N–H and O–H groups in total. The van der Waals surface area contributed by atoms with Crippen LogP contribution in [0.2, 0.25) is 0 Å². The van der Waals surface area contributed by atoms with Gasteiger partial charge in [0.2, 0.25) is 0 Å². The van der Waals surface area contributed by atoms with E-state index in [1.807, 2.05) is 42.5 Å². The van der Waals surface area contributed by atoms with Gasteiger partial charge in [0, 0.05) is 11.3 Å². The standard InChI is InChI=1S/C16H21N3S/c1-20-15-9-5-8-13(15)19-11-18-10-14(19)16(17)12-6-3-2-4-7-12/h2-4,6-7,10-11,13,15-16H,5,8-9,17H2,1H3. The summed E-state index contributed by atoms with van der Waals surface area (Å²) >= 11 is 1.97. The monoisotopic (exact) mass is 287 g/mol. The van der Waals surface area contributed by atoms with E-state index in [2.05, 4.69) is 27.9 Å². The zero-order chi connectivity index (χ0) is 13.9. The fraction of sp³-hybridized carbons (Fsp3) is 0.438. The van der Waals surface area contributed by atoms with E-state index in [4.69, 9.17) is 5.73 Å². The van der Waals surface area contributed by atoms with Gasteiger partial charge in [0.25, 0.3) is 0 Å². The van der Waals surface area contributed by atoms with Crippen molar-refractivity contribution in [2.24, 2.45) is 5.73 Å². The van der Waals surface area contributed by atoms with Crippen LogP contribution in [-0.4, -0.2) is 21.1 Å². The maximum Gasteiger partial charge on any atom is 0.0951 e. The Kier molecular flexibility index (Phi) is 4.13. The first-order chi connectivity index (χ1) is 9.81. The Bertz CT molecular complexity index is 552. The first-order valence-electron chi connectivity index (χ1n) is 7.16. The van der Waals surface area contributed by atoms with E-state index < -0.39 is 0 Å². The molecule has 1 saturated carbocycles. The average molecular weight is 287 g/mol. The number of thioether (sulfide) groups is 1. The predicted octanol–water partition coefficient (Wildman–Crippen LogP) is 3.39. The van der Waals surface area contributed by atoms with Crippen LogP contribution >= 0.6 is 11.8 Å². The SMILES string of the molecule is CSC1CCCC1n1cncc1C(N)c1ccccc1. The fourth-order valence-corrected chi connectivity index (χ4v) is 4.15. The van der Waals surface area contributed by atoms with Crippen LogP contribution in [-0.2, 0) is 0 Å². The van der Waals surface area contributed by atoms with Gasteiger partial charge < -0.3 is 10.3 Å². The summed E-state index contributed by atoms with van der Waals surface area (Å²) in [6.45, 7) is 0. The first kappa shape index (κ1) is 13.7. The molecule has 4 heteroatoms. The molecule has 1 aromatic heterocycles. The summed E-state index contributed by atoms with van der Waals surface area (Å²) in [7, 11) is 0. The van der Waals surface area contributed by atoms with Crippen molar-refractivity contribution < 1.29 is 0 Å². The number of rotatable bonds is 4. The second kappa shape index (κ2) is 6.02. The van der Waals surface area contributed by atoms with Gasteiger partial charge in [-0.05, 0) is 24.7 Å². The summed E-state index contributed by atoms with van der Waals surface area (Å²) in [5.41, 5.74) is 8.72. The zero-order valence-corrected chi connectivity index (χ0v) is 12.6. The lowest BCUT2D eigenvalue weighted by molar-refractivity contribution is 0.501. The maximum atomic E-state index is 6.45. The van der Waals surface area contributed by atoms with Crippen molar-refractivity contribution in [2.45, 2.75) is 36.6 Å². The maximum absolute atomic E-state index is 6.45. The van der Waals surface area contributed by atoms with Crippen molar-refractivity contribution in [3.8, 4) is 0 Å². The molecule has 2 aromatic rings. The summed E-state index contributed by atoms with van der Waals surface area (Å²) in [4.78, 5) is 4.36. The van der Waals surface area contributed by atoms with Crippen LogP contribution in [0.15, 0.2) is 42.9 Å². The predicted molar refractivity (Wildman–Crippen MR) is 84.9 cm³/mol. The Labute approximate surface area is 124 Å². The molecule has 1 heterocycles. The number of hydrogen-bond acceptors (Lipinski definition) is 3. The van der Waals surface area contributed by atoms with Crippen LogP contribution in [0.5, 0.6) is 0 Å². The summed E-state index contributed by atoms with van der Waals surface area (Å²) in [6, 6.07) is 10.7. The molecule has 1 aliphatic rings. The fourth-order valence-electron chi connectivity index (χ4n) is 3.16. The highest BCUT2D eigenvalue weighted by molar-refractivity contribution is 7.99. The molecule has 1 fully saturated rings. The van der Waals surface area contributed by atoms with Gasteiger partial charge in [-0.1, -0.05) is 36.8 Å². The van der Waals surface area contributed by atoms with Gasteiger partial charge in [0.15, 0.2) is 0 Å². The van der Waals surface area contributed by atoms with E-state index in [1.165, 1.54) is 19.3 Å². The summed E-state index contributed by atoms with van der Waals surface area (Å²) in [5.74, 6) is 0. The second-order valence-corrected chi connectivity index (χ2v) is 6.46. The minimum atomic E-state index is -0.0955. The molecule has 0 spiro atoms. The highest BCUT2D eigenvalue weighted by atomic mass is 32.2. The highest BCUT2D eigenvalue weighted by Crippen LogP contribution is 2.39. The molecule has 0 radical (unpaired) electrons. The normalized spacial score (nSPS) is 23.9. The lowest BCUT2D eigenvalue weighted by atomic mass is 10.0. The molecule has 0 saturated heterocycles. The van der Waals surface area contributed by atoms with E-state index in [9.17, 15) is 0 Å². The lowest BCUT2D eigenvalue weighted by Crippen LogP contribution is -2.22. The average Bonchev–Trinajstić information content (AvgIpc) is 3.15. The van der Waals surface area contributed by atoms with Gasteiger partial charge >= 0.3 is 0 Å². The van der Waals surface area contributed by atoms with Crippen LogP contribution in [0.4, 0.5) is 0 Å². The van der Waals surface area contributed by atoms with Gasteiger partial charge in [-0.2, -0.15) is 11.8 Å². The Morgan fingerprint density at radius 3 is 2.85 bits per heavy atom. The van der Waals surface area contributed by atoms with E-state index in [0.717, 1.165) is 11.3 Å². The quantitative estimate of drug-likeness (QED) is 0.937. The zero-order valence-electron chi connectivity index (χ0n) is 11.8. The molecule has 106 valence electrons. The van der Waals surface area contributed by atoms with Gasteiger partial charge in [-0.15, -0.1) is 0 Å². The molecule has 1 aromatic carbocycles. The summed E-state index contributed by atoms with van der Waals surface area (Å²) in [5, 5.41) is 0.686. The molecule has 0 bridgehead atoms. The molecule has 20 heavy (non-hydrogen) atoms. The third-order valence-corrected chi connectivity index (χ3v) is 5.41. The Hall–Kier alpha value is -1.26. The Morgan fingerprint density at radius 1 is 1.30 bits per heavy atom. The van der Waals surface area contributed by atoms with Crippen LogP contribution in [0.25, 0.3) is 0 Å². The molecule has 1 aliphatic carbocycles. The molecular formula is C16H21N3S. The number of hydrogen-bond donors (Lipinski definition) is 1. The molecule has 3 rings (SSSR count). The van der Waals surface area contributed by atoms with Crippen LogP contribution in [0.3, 0.4) is 0 Å². The molecule has 0 amide bonds. The van der Waals surface area contributed by atoms with Gasteiger partial charge in [0.1, 0.15) is 0 Å². The van der Waals surface area contributed by atoms with E-state index in [-0.39, 0.29) is 6.04 Å². The van der Waals surface area contributed by atoms with Crippen LogP contribution < -0.4 is 5.73 Å². The Morgan fingerprint density at radius 2 is 2.10 bits per heavy atom. The van der Waals surface area contributed by atoms with Crippen LogP contribution in [0.1, 0.15) is 42.6 Å². The number of benzene rings is 1. The second-order valence-electron chi connectivity index (χ2n) is 5.39. The van der Waals surface area contributed by atoms with Crippen molar-refractivity contribution in [3.05, 3.63) is 54.1 Å². The van der Waals surface area contributed by atoms with E-state index in [0.29, 0.717) is 11.3 Å². The highest BCUT2D eigenvalue weighted by Gasteiger charge is 2.30. The Balaban J connectivity index is 1.90. The topological polar surface area (TPSA) is 43.8 Å². The molecule has 3 atom stereocenters. The van der Waals surface area contributed by atoms with Crippen molar-refractivity contribution >= 4 is 11.8 Å². The van der Waals surface area contributed by atoms with E-state index in [1.54, 1.807) is 0 Å². The van der Waals surface area contributed by atoms with Crippen molar-refractivity contribution in [2.75, 3.05) is 6.26 Å². The first-order valence-corrected chi connectivity index (χ1v) is 8.45. The number of nitrogens with zero attached hydrogens (tertiary/aromatic N) is 2. The van der Waals surface area contributed by atoms with Gasteiger partial charge in [-0.25, -0.2) is 4.98 Å². The van der Waals surface area contributed by atoms with Crippen molar-refractivity contribution in [1.29, 1.82) is 0 Å². The molecule has 3 nitrogen and oxygen atoms in total. The lowest BCUT2D eigenvalue weighted by Gasteiger charge is -2.24. The van der Waals surface area contributed by atoms with Gasteiger partial charge in [0.05, 0.1) is 24.3 Å². The van der Waals surface area contributed by atoms with Crippen LogP contribution in [0, 0.1) is 0 Å². The van der Waals surface area contributed by atoms with E-state index >= 15 is 0 Å². The number of imidazole rings is 1. The molecular weight excluding hydrogens is 266 g/mol. The largest absolute Gasteiger partial charge is 0.329 e. The smallest absolute Gasteiger partial charge is 0.0951 e. The van der Waals surface area contributed by atoms with Crippen molar-refractivity contribution in [1.82, 2.24) is 9.55 Å². The number of nitrogens with two attached hydrogens (primary N) is 1. The molecule has 0 aliphatic heterocycles. The third-order valence-electron chi connectivity index (χ3n) is 4.25. The van der Waals surface area contributed by atoms with Crippen molar-refractivity contribution in [3.63, 3.8) is 0 Å². The third kappa shape index (κ3) is 2.50. The minimum Gasteiger partial charge on any atom is -0.329 e. The number of aromatic nitrogens is 2. The van der Waals surface area contributed by atoms with Gasteiger partial charge in [-0.3, -0.25) is 0 Å². The molecule has 3 unspecified atom stereocenters. The summed E-state index contributed by atoms with van der Waals surface area (Å²) in [6.07, 6.45) is 9.91.